The van der Waals surface area contributed by atoms with E-state index in [4.69, 9.17) is 23.4 Å². The fraction of sp³-hybridized carbons (Fsp3) is 0.167. The highest BCUT2D eigenvalue weighted by molar-refractivity contribution is 7.87. The van der Waals surface area contributed by atoms with Gasteiger partial charge in [0.15, 0.2) is 22.8 Å². The van der Waals surface area contributed by atoms with Crippen molar-refractivity contribution in [3.63, 3.8) is 0 Å². The van der Waals surface area contributed by atoms with Crippen LogP contribution in [0.1, 0.15) is 5.56 Å². The quantitative estimate of drug-likeness (QED) is 0.180. The second kappa shape index (κ2) is 11.0. The van der Waals surface area contributed by atoms with Crippen LogP contribution in [0.3, 0.4) is 0 Å². The molecule has 1 aromatic heterocycles. The lowest BCUT2D eigenvalue weighted by atomic mass is 9.99. The predicted molar refractivity (Wildman–Crippen MR) is 156 cm³/mol. The number of anilines is 1. The molecule has 0 unspecified atom stereocenters. The fourth-order valence-electron chi connectivity index (χ4n) is 4.82. The summed E-state index contributed by atoms with van der Waals surface area (Å²) in [7, 11) is 0.625. The van der Waals surface area contributed by atoms with E-state index in [0.29, 0.717) is 17.1 Å². The van der Waals surface area contributed by atoms with E-state index in [0.717, 1.165) is 15.4 Å². The van der Waals surface area contributed by atoms with Crippen molar-refractivity contribution >= 4 is 37.9 Å². The minimum Gasteiger partial charge on any atom is -0.496 e. The molecule has 11 heteroatoms. The lowest BCUT2D eigenvalue weighted by Gasteiger charge is -2.25. The molecular weight excluding hydrogens is 550 g/mol. The van der Waals surface area contributed by atoms with Crippen LogP contribution < -0.4 is 28.7 Å². The average Bonchev–Trinajstić information content (AvgIpc) is 2.98. The van der Waals surface area contributed by atoms with Gasteiger partial charge in [-0.05, 0) is 22.8 Å². The Morgan fingerprint density at radius 3 is 2.02 bits per heavy atom. The molecule has 0 atom stereocenters. The summed E-state index contributed by atoms with van der Waals surface area (Å²) < 4.78 is 65.3. The van der Waals surface area contributed by atoms with Gasteiger partial charge in [-0.1, -0.05) is 54.6 Å². The highest BCUT2D eigenvalue weighted by Gasteiger charge is 2.31. The molecule has 0 aliphatic rings. The van der Waals surface area contributed by atoms with Crippen LogP contribution in [-0.2, 0) is 16.8 Å². The van der Waals surface area contributed by atoms with Gasteiger partial charge in [0.25, 0.3) is 0 Å². The summed E-state index contributed by atoms with van der Waals surface area (Å²) in [6.45, 7) is -0.310. The van der Waals surface area contributed by atoms with Gasteiger partial charge in [-0.15, -0.1) is 0 Å². The van der Waals surface area contributed by atoms with Gasteiger partial charge in [0.2, 0.25) is 5.43 Å². The Morgan fingerprint density at radius 1 is 0.780 bits per heavy atom. The molecule has 1 N–H and O–H groups in total. The van der Waals surface area contributed by atoms with E-state index in [2.05, 4.69) is 0 Å². The number of ether oxygens (including phenoxy) is 4. The molecule has 0 aliphatic carbocycles. The standard InChI is InChI=1S/C30H27NO9S/c1-36-23-14-21-22(15-24(23)37-2)40-30-27(29(21)32)25(38-3)16-26(39-4)28(30)31(41(33,34)35)17-19-12-8-9-13-20(19)18-10-6-5-7-11-18/h5-16H,17H2,1-4H3,(H,33,34,35). The molecule has 0 bridgehead atoms. The van der Waals surface area contributed by atoms with Crippen LogP contribution >= 0.6 is 0 Å². The maximum absolute atomic E-state index is 13.8. The summed E-state index contributed by atoms with van der Waals surface area (Å²) in [4.78, 5) is 13.8. The first-order valence-electron chi connectivity index (χ1n) is 12.4. The minimum absolute atomic E-state index is 0.00727. The molecule has 0 saturated carbocycles. The summed E-state index contributed by atoms with van der Waals surface area (Å²) in [6.07, 6.45) is 0. The van der Waals surface area contributed by atoms with Gasteiger partial charge in [0.05, 0.1) is 40.4 Å². The molecule has 0 fully saturated rings. The van der Waals surface area contributed by atoms with Gasteiger partial charge in [-0.2, -0.15) is 8.42 Å². The van der Waals surface area contributed by atoms with Crippen molar-refractivity contribution in [1.82, 2.24) is 0 Å². The predicted octanol–water partition coefficient (Wildman–Crippen LogP) is 5.46. The van der Waals surface area contributed by atoms with E-state index in [-0.39, 0.29) is 45.7 Å². The Balaban J connectivity index is 1.84. The molecule has 0 spiro atoms. The van der Waals surface area contributed by atoms with Crippen LogP contribution in [0.4, 0.5) is 5.69 Å². The first-order chi connectivity index (χ1) is 19.7. The third kappa shape index (κ3) is 5.01. The number of nitrogens with zero attached hydrogens (tertiary/aromatic N) is 1. The molecule has 5 aromatic rings. The molecule has 10 nitrogen and oxygen atoms in total. The largest absolute Gasteiger partial charge is 0.496 e. The number of benzene rings is 4. The molecule has 4 aromatic carbocycles. The molecule has 0 saturated heterocycles. The summed E-state index contributed by atoms with van der Waals surface area (Å²) in [5.74, 6) is 0.678. The summed E-state index contributed by atoms with van der Waals surface area (Å²) in [5, 5.41) is 0.102. The van der Waals surface area contributed by atoms with Gasteiger partial charge >= 0.3 is 10.3 Å². The molecule has 0 aliphatic heterocycles. The van der Waals surface area contributed by atoms with Crippen LogP contribution in [0, 0.1) is 0 Å². The van der Waals surface area contributed by atoms with Crippen molar-refractivity contribution in [3.05, 3.63) is 88.6 Å². The molecule has 0 radical (unpaired) electrons. The van der Waals surface area contributed by atoms with Crippen LogP contribution in [0.15, 0.2) is 82.0 Å². The van der Waals surface area contributed by atoms with Crippen molar-refractivity contribution in [1.29, 1.82) is 0 Å². The highest BCUT2D eigenvalue weighted by atomic mass is 32.2. The molecule has 1 heterocycles. The van der Waals surface area contributed by atoms with Gasteiger partial charge in [-0.3, -0.25) is 9.35 Å². The molecule has 41 heavy (non-hydrogen) atoms. The normalized spacial score (nSPS) is 11.4. The van der Waals surface area contributed by atoms with Crippen molar-refractivity contribution in [2.75, 3.05) is 32.7 Å². The first kappa shape index (κ1) is 27.8. The summed E-state index contributed by atoms with van der Waals surface area (Å²) in [6, 6.07) is 20.9. The number of methoxy groups -OCH3 is 4. The lowest BCUT2D eigenvalue weighted by molar-refractivity contribution is 0.355. The second-order valence-corrected chi connectivity index (χ2v) is 10.3. The van der Waals surface area contributed by atoms with Crippen molar-refractivity contribution in [2.45, 2.75) is 6.54 Å². The van der Waals surface area contributed by atoms with Gasteiger partial charge < -0.3 is 23.4 Å². The molecule has 212 valence electrons. The molecule has 0 amide bonds. The van der Waals surface area contributed by atoms with E-state index in [1.54, 1.807) is 12.1 Å². The zero-order valence-electron chi connectivity index (χ0n) is 22.7. The third-order valence-corrected chi connectivity index (χ3v) is 7.61. The summed E-state index contributed by atoms with van der Waals surface area (Å²) in [5.41, 5.74) is 1.42. The SMILES string of the molecule is COc1cc2oc3c(N(Cc4ccccc4-c4ccccc4)S(=O)(=O)O)c(OC)cc(OC)c3c(=O)c2cc1OC. The van der Waals surface area contributed by atoms with Crippen molar-refractivity contribution in [2.24, 2.45) is 0 Å². The van der Waals surface area contributed by atoms with E-state index < -0.39 is 15.7 Å². The zero-order valence-corrected chi connectivity index (χ0v) is 23.5. The van der Waals surface area contributed by atoms with Crippen LogP contribution in [-0.4, -0.2) is 41.4 Å². The van der Waals surface area contributed by atoms with Crippen molar-refractivity contribution < 1.29 is 36.3 Å². The highest BCUT2D eigenvalue weighted by Crippen LogP contribution is 2.44. The Bertz CT molecular complexity index is 1920. The average molecular weight is 578 g/mol. The molecular formula is C30H27NO9S. The van der Waals surface area contributed by atoms with E-state index in [1.165, 1.54) is 46.6 Å². The summed E-state index contributed by atoms with van der Waals surface area (Å²) >= 11 is 0. The van der Waals surface area contributed by atoms with Crippen molar-refractivity contribution in [3.8, 4) is 34.1 Å². The number of fused-ring (bicyclic) bond motifs is 2. The Labute approximate surface area is 236 Å². The third-order valence-electron chi connectivity index (χ3n) is 6.74. The maximum atomic E-state index is 13.8. The zero-order chi connectivity index (χ0) is 29.3. The van der Waals surface area contributed by atoms with Crippen LogP contribution in [0.2, 0.25) is 0 Å². The Kier molecular flexibility index (Phi) is 7.48. The topological polar surface area (TPSA) is 125 Å². The number of rotatable bonds is 9. The fourth-order valence-corrected chi connectivity index (χ4v) is 5.53. The van der Waals surface area contributed by atoms with Gasteiger partial charge in [0.1, 0.15) is 22.4 Å². The maximum Gasteiger partial charge on any atom is 0.360 e. The Hall–Kier alpha value is -4.74. The van der Waals surface area contributed by atoms with E-state index >= 15 is 0 Å². The number of hydrogen-bond acceptors (Lipinski definition) is 8. The Morgan fingerprint density at radius 2 is 1.39 bits per heavy atom. The van der Waals surface area contributed by atoms with Gasteiger partial charge in [0, 0.05) is 12.1 Å². The smallest absolute Gasteiger partial charge is 0.360 e. The second-order valence-electron chi connectivity index (χ2n) is 8.98. The van der Waals surface area contributed by atoms with E-state index in [1.807, 2.05) is 42.5 Å². The monoisotopic (exact) mass is 577 g/mol. The first-order valence-corrected chi connectivity index (χ1v) is 13.8. The van der Waals surface area contributed by atoms with Gasteiger partial charge in [-0.25, -0.2) is 4.31 Å². The van der Waals surface area contributed by atoms with Crippen LogP contribution in [0.5, 0.6) is 23.0 Å². The van der Waals surface area contributed by atoms with Crippen LogP contribution in [0.25, 0.3) is 33.1 Å². The number of hydrogen-bond donors (Lipinski definition) is 1. The van der Waals surface area contributed by atoms with E-state index in [9.17, 15) is 17.8 Å². The minimum atomic E-state index is -4.94. The lowest BCUT2D eigenvalue weighted by Crippen LogP contribution is -2.31. The molecule has 5 rings (SSSR count).